The number of rotatable bonds is 6. The smallest absolute Gasteiger partial charge is 0.409 e. The van der Waals surface area contributed by atoms with Gasteiger partial charge in [-0.2, -0.15) is 0 Å². The summed E-state index contributed by atoms with van der Waals surface area (Å²) in [6, 6.07) is 8.68. The van der Waals surface area contributed by atoms with Crippen molar-refractivity contribution in [1.82, 2.24) is 5.32 Å². The Morgan fingerprint density at radius 1 is 1.21 bits per heavy atom. The third-order valence-electron chi connectivity index (χ3n) is 5.88. The summed E-state index contributed by atoms with van der Waals surface area (Å²) in [5, 5.41) is 14.0. The molecule has 1 fully saturated rings. The number of nitrogens with zero attached hydrogens (tertiary/aromatic N) is 1. The number of fused-ring (bicyclic) bond motifs is 1. The SMILES string of the molecule is CC1(C)CC1C(=O)NC[C@H]1CN(S(=O)(=O)c2ccc(F)cc2)c2cc(NC(=O)O)ccc2O1. The van der Waals surface area contributed by atoms with E-state index in [4.69, 9.17) is 9.84 Å². The minimum absolute atomic E-state index is 0.0460. The number of carbonyl (C=O) groups excluding carboxylic acids is 1. The Balaban J connectivity index is 1.63. The van der Waals surface area contributed by atoms with Crippen LogP contribution >= 0.6 is 0 Å². The number of nitrogens with one attached hydrogen (secondary N) is 2. The van der Waals surface area contributed by atoms with Crippen LogP contribution in [0.5, 0.6) is 5.75 Å². The zero-order valence-corrected chi connectivity index (χ0v) is 18.9. The number of hydrogen-bond donors (Lipinski definition) is 3. The highest BCUT2D eigenvalue weighted by atomic mass is 32.2. The monoisotopic (exact) mass is 477 g/mol. The molecule has 0 saturated heterocycles. The van der Waals surface area contributed by atoms with E-state index in [9.17, 15) is 22.4 Å². The summed E-state index contributed by atoms with van der Waals surface area (Å²) in [7, 11) is -4.13. The van der Waals surface area contributed by atoms with Gasteiger partial charge in [0.15, 0.2) is 0 Å². The second-order valence-corrected chi connectivity index (χ2v) is 10.7. The van der Waals surface area contributed by atoms with E-state index >= 15 is 0 Å². The molecule has 1 aliphatic heterocycles. The van der Waals surface area contributed by atoms with Crippen LogP contribution in [0.25, 0.3) is 0 Å². The van der Waals surface area contributed by atoms with Gasteiger partial charge in [0.25, 0.3) is 10.0 Å². The predicted octanol–water partition coefficient (Wildman–Crippen LogP) is 3.03. The lowest BCUT2D eigenvalue weighted by atomic mass is 10.1. The van der Waals surface area contributed by atoms with E-state index in [-0.39, 0.29) is 52.3 Å². The van der Waals surface area contributed by atoms with Gasteiger partial charge in [0, 0.05) is 11.6 Å². The summed E-state index contributed by atoms with van der Waals surface area (Å²) in [4.78, 5) is 23.3. The number of benzene rings is 2. The first-order valence-electron chi connectivity index (χ1n) is 10.3. The third-order valence-corrected chi connectivity index (χ3v) is 7.67. The first kappa shape index (κ1) is 22.8. The Morgan fingerprint density at radius 2 is 1.88 bits per heavy atom. The Hall–Kier alpha value is -3.34. The molecule has 0 aromatic heterocycles. The van der Waals surface area contributed by atoms with Gasteiger partial charge in [0.1, 0.15) is 17.7 Å². The first-order valence-corrected chi connectivity index (χ1v) is 11.8. The van der Waals surface area contributed by atoms with E-state index in [1.54, 1.807) is 0 Å². The normalized spacial score (nSPS) is 20.9. The van der Waals surface area contributed by atoms with E-state index in [0.29, 0.717) is 0 Å². The molecule has 1 unspecified atom stereocenters. The van der Waals surface area contributed by atoms with Crippen LogP contribution in [0.4, 0.5) is 20.6 Å². The maximum Gasteiger partial charge on any atom is 0.409 e. The lowest BCUT2D eigenvalue weighted by molar-refractivity contribution is -0.123. The molecule has 0 radical (unpaired) electrons. The minimum atomic E-state index is -4.13. The van der Waals surface area contributed by atoms with Crippen molar-refractivity contribution in [2.75, 3.05) is 22.7 Å². The third kappa shape index (κ3) is 4.72. The van der Waals surface area contributed by atoms with E-state index in [1.165, 1.54) is 18.2 Å². The molecular weight excluding hydrogens is 453 g/mol. The van der Waals surface area contributed by atoms with Gasteiger partial charge in [-0.15, -0.1) is 0 Å². The van der Waals surface area contributed by atoms with Crippen molar-refractivity contribution in [2.45, 2.75) is 31.3 Å². The highest BCUT2D eigenvalue weighted by Crippen LogP contribution is 2.51. The minimum Gasteiger partial charge on any atom is -0.484 e. The lowest BCUT2D eigenvalue weighted by Crippen LogP contribution is -2.48. The second kappa shape index (κ2) is 8.22. The molecule has 1 heterocycles. The zero-order chi connectivity index (χ0) is 24.0. The number of amides is 2. The Kier molecular flexibility index (Phi) is 5.69. The molecule has 9 nitrogen and oxygen atoms in total. The predicted molar refractivity (Wildman–Crippen MR) is 118 cm³/mol. The molecule has 3 N–H and O–H groups in total. The summed E-state index contributed by atoms with van der Waals surface area (Å²) >= 11 is 0. The van der Waals surface area contributed by atoms with E-state index in [2.05, 4.69) is 10.6 Å². The van der Waals surface area contributed by atoms with Gasteiger partial charge < -0.3 is 15.2 Å². The van der Waals surface area contributed by atoms with E-state index in [0.717, 1.165) is 35.0 Å². The molecular formula is C22H24FN3O6S. The number of carboxylic acid groups (broad SMARTS) is 1. The van der Waals surface area contributed by atoms with E-state index in [1.807, 2.05) is 13.8 Å². The molecule has 11 heteroatoms. The van der Waals surface area contributed by atoms with Crippen LogP contribution in [0.1, 0.15) is 20.3 Å². The topological polar surface area (TPSA) is 125 Å². The maximum absolute atomic E-state index is 13.4. The summed E-state index contributed by atoms with van der Waals surface area (Å²) in [6.45, 7) is 3.97. The Bertz CT molecular complexity index is 1200. The summed E-state index contributed by atoms with van der Waals surface area (Å²) in [5.41, 5.74) is 0.249. The Labute approximate surface area is 190 Å². The molecule has 2 aliphatic rings. The number of halogens is 1. The number of hydrogen-bond acceptors (Lipinski definition) is 5. The fourth-order valence-corrected chi connectivity index (χ4v) is 5.33. The van der Waals surface area contributed by atoms with Crippen LogP contribution in [0.2, 0.25) is 0 Å². The standard InChI is InChI=1S/C22H24FN3O6S/c1-22(2)10-17(22)20(27)24-11-15-12-26(33(30,31)16-6-3-13(23)4-7-16)18-9-14(25-21(28)29)5-8-19(18)32-15/h3-9,15,17,25H,10-12H2,1-2H3,(H,24,27)(H,28,29)/t15-,17?/m0/s1. The highest BCUT2D eigenvalue weighted by Gasteiger charge is 2.50. The largest absolute Gasteiger partial charge is 0.484 e. The molecule has 33 heavy (non-hydrogen) atoms. The molecule has 1 aliphatic carbocycles. The Morgan fingerprint density at radius 3 is 2.48 bits per heavy atom. The molecule has 0 spiro atoms. The summed E-state index contributed by atoms with van der Waals surface area (Å²) in [5.74, 6) is -0.554. The van der Waals surface area contributed by atoms with Crippen molar-refractivity contribution in [1.29, 1.82) is 0 Å². The van der Waals surface area contributed by atoms with Crippen molar-refractivity contribution >= 4 is 33.4 Å². The average molecular weight is 478 g/mol. The van der Waals surface area contributed by atoms with Crippen molar-refractivity contribution in [3.63, 3.8) is 0 Å². The van der Waals surface area contributed by atoms with Gasteiger partial charge in [-0.05, 0) is 54.3 Å². The van der Waals surface area contributed by atoms with Crippen molar-refractivity contribution in [2.24, 2.45) is 11.3 Å². The van der Waals surface area contributed by atoms with Crippen LogP contribution in [0.3, 0.4) is 0 Å². The van der Waals surface area contributed by atoms with Crippen molar-refractivity contribution < 1.29 is 32.2 Å². The van der Waals surface area contributed by atoms with E-state index < -0.39 is 28.0 Å². The van der Waals surface area contributed by atoms with Crippen LogP contribution in [0, 0.1) is 17.2 Å². The average Bonchev–Trinajstić information content (AvgIpc) is 3.39. The summed E-state index contributed by atoms with van der Waals surface area (Å²) < 4.78 is 47.2. The highest BCUT2D eigenvalue weighted by molar-refractivity contribution is 7.92. The lowest BCUT2D eigenvalue weighted by Gasteiger charge is -2.35. The molecule has 4 rings (SSSR count). The number of anilines is 2. The van der Waals surface area contributed by atoms with Crippen LogP contribution in [0.15, 0.2) is 47.4 Å². The fourth-order valence-electron chi connectivity index (χ4n) is 3.83. The summed E-state index contributed by atoms with van der Waals surface area (Å²) in [6.07, 6.45) is -1.20. The molecule has 176 valence electrons. The van der Waals surface area contributed by atoms with Crippen LogP contribution < -0.4 is 19.7 Å². The van der Waals surface area contributed by atoms with Gasteiger partial charge in [-0.3, -0.25) is 14.4 Å². The van der Waals surface area contributed by atoms with Crippen LogP contribution in [-0.4, -0.2) is 44.7 Å². The number of ether oxygens (including phenoxy) is 1. The zero-order valence-electron chi connectivity index (χ0n) is 18.0. The van der Waals surface area contributed by atoms with Gasteiger partial charge in [-0.1, -0.05) is 13.8 Å². The molecule has 2 aromatic rings. The maximum atomic E-state index is 13.4. The molecule has 2 aromatic carbocycles. The quantitative estimate of drug-likeness (QED) is 0.587. The molecule has 2 amide bonds. The van der Waals surface area contributed by atoms with Gasteiger partial charge in [0.05, 0.1) is 23.7 Å². The van der Waals surface area contributed by atoms with Crippen molar-refractivity contribution in [3.05, 3.63) is 48.3 Å². The van der Waals surface area contributed by atoms with Gasteiger partial charge >= 0.3 is 6.09 Å². The number of carbonyl (C=O) groups is 2. The second-order valence-electron chi connectivity index (χ2n) is 8.83. The fraction of sp³-hybridized carbons (Fsp3) is 0.364. The molecule has 1 saturated carbocycles. The number of sulfonamides is 1. The molecule has 0 bridgehead atoms. The molecule has 2 atom stereocenters. The van der Waals surface area contributed by atoms with Crippen LogP contribution in [-0.2, 0) is 14.8 Å². The van der Waals surface area contributed by atoms with Gasteiger partial charge in [-0.25, -0.2) is 17.6 Å². The van der Waals surface area contributed by atoms with Crippen molar-refractivity contribution in [3.8, 4) is 5.75 Å². The first-order chi connectivity index (χ1) is 15.5. The van der Waals surface area contributed by atoms with Gasteiger partial charge in [0.2, 0.25) is 5.91 Å².